The molecule has 1 N–H and O–H groups in total. The van der Waals surface area contributed by atoms with E-state index in [2.05, 4.69) is 43.4 Å². The van der Waals surface area contributed by atoms with E-state index in [-0.39, 0.29) is 5.91 Å². The molecule has 0 bridgehead atoms. The highest BCUT2D eigenvalue weighted by Gasteiger charge is 2.18. The number of nitrogens with zero attached hydrogens (tertiary/aromatic N) is 1. The summed E-state index contributed by atoms with van der Waals surface area (Å²) in [6, 6.07) is 8.92. The van der Waals surface area contributed by atoms with Crippen LogP contribution in [0.4, 0.5) is 0 Å². The minimum atomic E-state index is 0.268. The highest BCUT2D eigenvalue weighted by molar-refractivity contribution is 5.76. The maximum absolute atomic E-state index is 12.2. The molecule has 0 spiro atoms. The van der Waals surface area contributed by atoms with Crippen LogP contribution in [0.15, 0.2) is 24.3 Å². The molecule has 0 saturated heterocycles. The number of rotatable bonds is 4. The first-order valence-electron chi connectivity index (χ1n) is 7.25. The third-order valence-electron chi connectivity index (χ3n) is 3.60. The van der Waals surface area contributed by atoms with E-state index in [1.165, 1.54) is 11.1 Å². The standard InChI is InChI=1S/C16H24N2O/c1-13(2)17-10-9-16(19)18-11-5-8-14-6-3-4-7-15(14)12-18/h3-4,6-7,13,17H,5,8-12H2,1-2H3. The number of amides is 1. The maximum atomic E-state index is 12.2. The molecule has 104 valence electrons. The zero-order valence-electron chi connectivity index (χ0n) is 12.0. The molecule has 1 aliphatic heterocycles. The van der Waals surface area contributed by atoms with Gasteiger partial charge in [0.15, 0.2) is 0 Å². The summed E-state index contributed by atoms with van der Waals surface area (Å²) in [4.78, 5) is 14.2. The van der Waals surface area contributed by atoms with Crippen LogP contribution in [0.1, 0.15) is 37.8 Å². The molecule has 0 saturated carbocycles. The number of fused-ring (bicyclic) bond motifs is 1. The van der Waals surface area contributed by atoms with Gasteiger partial charge in [-0.05, 0) is 24.0 Å². The van der Waals surface area contributed by atoms with Crippen molar-refractivity contribution in [1.29, 1.82) is 0 Å². The molecular weight excluding hydrogens is 236 g/mol. The van der Waals surface area contributed by atoms with Crippen LogP contribution in [-0.2, 0) is 17.8 Å². The molecule has 0 unspecified atom stereocenters. The Balaban J connectivity index is 1.92. The van der Waals surface area contributed by atoms with Crippen molar-refractivity contribution in [3.63, 3.8) is 0 Å². The molecule has 1 amide bonds. The number of hydrogen-bond acceptors (Lipinski definition) is 2. The van der Waals surface area contributed by atoms with Gasteiger partial charge >= 0.3 is 0 Å². The summed E-state index contributed by atoms with van der Waals surface area (Å²) in [5.41, 5.74) is 2.71. The van der Waals surface area contributed by atoms with Crippen molar-refractivity contribution in [3.05, 3.63) is 35.4 Å². The van der Waals surface area contributed by atoms with Gasteiger partial charge in [-0.3, -0.25) is 4.79 Å². The maximum Gasteiger partial charge on any atom is 0.224 e. The fourth-order valence-corrected chi connectivity index (χ4v) is 2.54. The fraction of sp³-hybridized carbons (Fsp3) is 0.562. The molecule has 3 nitrogen and oxygen atoms in total. The lowest BCUT2D eigenvalue weighted by atomic mass is 10.0. The third-order valence-corrected chi connectivity index (χ3v) is 3.60. The van der Waals surface area contributed by atoms with Crippen LogP contribution in [0.2, 0.25) is 0 Å². The van der Waals surface area contributed by atoms with Gasteiger partial charge in [0.2, 0.25) is 5.91 Å². The van der Waals surface area contributed by atoms with E-state index in [0.717, 1.165) is 32.5 Å². The molecule has 0 radical (unpaired) electrons. The topological polar surface area (TPSA) is 32.3 Å². The normalized spacial score (nSPS) is 15.2. The molecular formula is C16H24N2O. The van der Waals surface area contributed by atoms with Crippen LogP contribution in [0.25, 0.3) is 0 Å². The lowest BCUT2D eigenvalue weighted by Gasteiger charge is -2.21. The lowest BCUT2D eigenvalue weighted by molar-refractivity contribution is -0.131. The average molecular weight is 260 g/mol. The van der Waals surface area contributed by atoms with Crippen LogP contribution in [0, 0.1) is 0 Å². The largest absolute Gasteiger partial charge is 0.338 e. The molecule has 3 heteroatoms. The smallest absolute Gasteiger partial charge is 0.224 e. The summed E-state index contributed by atoms with van der Waals surface area (Å²) in [7, 11) is 0. The quantitative estimate of drug-likeness (QED) is 0.901. The summed E-state index contributed by atoms with van der Waals surface area (Å²) in [6.45, 7) is 6.64. The van der Waals surface area contributed by atoms with Crippen LogP contribution in [-0.4, -0.2) is 29.9 Å². The van der Waals surface area contributed by atoms with Gasteiger partial charge in [0.25, 0.3) is 0 Å². The highest BCUT2D eigenvalue weighted by Crippen LogP contribution is 2.18. The van der Waals surface area contributed by atoms with Crippen molar-refractivity contribution in [2.75, 3.05) is 13.1 Å². The van der Waals surface area contributed by atoms with Crippen LogP contribution in [0.5, 0.6) is 0 Å². The van der Waals surface area contributed by atoms with Crippen molar-refractivity contribution in [2.45, 2.75) is 45.7 Å². The van der Waals surface area contributed by atoms with Crippen LogP contribution >= 0.6 is 0 Å². The van der Waals surface area contributed by atoms with E-state index in [9.17, 15) is 4.79 Å². The molecule has 0 aromatic heterocycles. The van der Waals surface area contributed by atoms with Crippen LogP contribution in [0.3, 0.4) is 0 Å². The predicted octanol–water partition coefficient (Wildman–Crippen LogP) is 2.35. The Morgan fingerprint density at radius 2 is 2.05 bits per heavy atom. The summed E-state index contributed by atoms with van der Waals surface area (Å²) >= 11 is 0. The molecule has 1 heterocycles. The number of benzene rings is 1. The molecule has 1 aliphatic rings. The number of aryl methyl sites for hydroxylation is 1. The van der Waals surface area contributed by atoms with Gasteiger partial charge in [-0.2, -0.15) is 0 Å². The first-order chi connectivity index (χ1) is 9.16. The van der Waals surface area contributed by atoms with Crippen molar-refractivity contribution in [1.82, 2.24) is 10.2 Å². The number of carbonyl (C=O) groups is 1. The molecule has 2 rings (SSSR count). The number of carbonyl (C=O) groups excluding carboxylic acids is 1. The molecule has 1 aromatic carbocycles. The third kappa shape index (κ3) is 4.06. The molecule has 0 aliphatic carbocycles. The van der Waals surface area contributed by atoms with Gasteiger partial charge in [-0.1, -0.05) is 38.1 Å². The summed E-state index contributed by atoms with van der Waals surface area (Å²) in [5.74, 6) is 0.268. The van der Waals surface area contributed by atoms with Gasteiger partial charge in [0.1, 0.15) is 0 Å². The van der Waals surface area contributed by atoms with Gasteiger partial charge in [-0.25, -0.2) is 0 Å². The van der Waals surface area contributed by atoms with Gasteiger partial charge < -0.3 is 10.2 Å². The van der Waals surface area contributed by atoms with Gasteiger partial charge in [0.05, 0.1) is 0 Å². The van der Waals surface area contributed by atoms with Crippen molar-refractivity contribution in [2.24, 2.45) is 0 Å². The number of hydrogen-bond donors (Lipinski definition) is 1. The van der Waals surface area contributed by atoms with E-state index in [0.29, 0.717) is 12.5 Å². The Hall–Kier alpha value is -1.35. The summed E-state index contributed by atoms with van der Waals surface area (Å²) in [5, 5.41) is 3.30. The van der Waals surface area contributed by atoms with Crippen molar-refractivity contribution in [3.8, 4) is 0 Å². The van der Waals surface area contributed by atoms with Crippen LogP contribution < -0.4 is 5.32 Å². The van der Waals surface area contributed by atoms with Crippen molar-refractivity contribution >= 4 is 5.91 Å². The fourth-order valence-electron chi connectivity index (χ4n) is 2.54. The zero-order valence-corrected chi connectivity index (χ0v) is 12.0. The minimum absolute atomic E-state index is 0.268. The SMILES string of the molecule is CC(C)NCCC(=O)N1CCCc2ccccc2C1. The highest BCUT2D eigenvalue weighted by atomic mass is 16.2. The summed E-state index contributed by atoms with van der Waals surface area (Å²) in [6.07, 6.45) is 2.75. The Morgan fingerprint density at radius 1 is 1.32 bits per heavy atom. The van der Waals surface area contributed by atoms with Gasteiger partial charge in [0, 0.05) is 32.1 Å². The van der Waals surface area contributed by atoms with E-state index >= 15 is 0 Å². The second kappa shape index (κ2) is 6.71. The Morgan fingerprint density at radius 3 is 2.79 bits per heavy atom. The first-order valence-corrected chi connectivity index (χ1v) is 7.25. The summed E-state index contributed by atoms with van der Waals surface area (Å²) < 4.78 is 0. The number of nitrogens with one attached hydrogen (secondary N) is 1. The Bertz CT molecular complexity index is 429. The van der Waals surface area contributed by atoms with E-state index in [1.807, 2.05) is 4.90 Å². The van der Waals surface area contributed by atoms with Gasteiger partial charge in [-0.15, -0.1) is 0 Å². The zero-order chi connectivity index (χ0) is 13.7. The van der Waals surface area contributed by atoms with E-state index in [4.69, 9.17) is 0 Å². The monoisotopic (exact) mass is 260 g/mol. The Labute approximate surface area is 116 Å². The molecule has 0 fully saturated rings. The second-order valence-corrected chi connectivity index (χ2v) is 5.55. The van der Waals surface area contributed by atoms with E-state index in [1.54, 1.807) is 0 Å². The lowest BCUT2D eigenvalue weighted by Crippen LogP contribution is -2.34. The minimum Gasteiger partial charge on any atom is -0.338 e. The molecule has 1 aromatic rings. The average Bonchev–Trinajstić information content (AvgIpc) is 2.60. The predicted molar refractivity (Wildman–Crippen MR) is 77.9 cm³/mol. The second-order valence-electron chi connectivity index (χ2n) is 5.55. The Kier molecular flexibility index (Phi) is 4.97. The molecule has 0 atom stereocenters. The van der Waals surface area contributed by atoms with E-state index < -0.39 is 0 Å². The molecule has 19 heavy (non-hydrogen) atoms. The van der Waals surface area contributed by atoms with Crippen molar-refractivity contribution < 1.29 is 4.79 Å². The first kappa shape index (κ1) is 14.1.